The average molecular weight is 346 g/mol. The van der Waals surface area contributed by atoms with Crippen LogP contribution in [0, 0.1) is 5.92 Å². The molecule has 0 radical (unpaired) electrons. The van der Waals surface area contributed by atoms with Crippen molar-refractivity contribution < 1.29 is 5.11 Å². The summed E-state index contributed by atoms with van der Waals surface area (Å²) in [6.07, 6.45) is 7.61. The summed E-state index contributed by atoms with van der Waals surface area (Å²) in [4.78, 5) is 2.29. The Morgan fingerprint density at radius 1 is 1.24 bits per heavy atom. The molecule has 7 nitrogen and oxygen atoms in total. The first-order valence-corrected chi connectivity index (χ1v) is 9.24. The zero-order valence-electron chi connectivity index (χ0n) is 15.8. The molecule has 3 heterocycles. The molecule has 25 heavy (non-hydrogen) atoms. The van der Waals surface area contributed by atoms with Gasteiger partial charge in [0.25, 0.3) is 0 Å². The van der Waals surface area contributed by atoms with Crippen molar-refractivity contribution in [2.45, 2.75) is 65.3 Å². The summed E-state index contributed by atoms with van der Waals surface area (Å²) in [6.45, 7) is 11.8. The van der Waals surface area contributed by atoms with Gasteiger partial charge in [0.1, 0.15) is 11.3 Å². The molecule has 1 aliphatic rings. The Hall–Kier alpha value is -1.73. The summed E-state index contributed by atoms with van der Waals surface area (Å²) < 4.78 is 3.81. The molecular formula is C18H30N6O. The van der Waals surface area contributed by atoms with Crippen LogP contribution in [0.4, 0.5) is 0 Å². The molecular weight excluding hydrogens is 316 g/mol. The Bertz CT molecular complexity index is 691. The smallest absolute Gasteiger partial charge is 0.123 e. The number of aliphatic hydroxyl groups is 1. The fourth-order valence-corrected chi connectivity index (χ4v) is 3.43. The van der Waals surface area contributed by atoms with Crippen LogP contribution in [0.1, 0.15) is 57.8 Å². The zero-order chi connectivity index (χ0) is 18.0. The summed E-state index contributed by atoms with van der Waals surface area (Å²) in [5.41, 5.74) is 0.955. The molecule has 3 rings (SSSR count). The van der Waals surface area contributed by atoms with E-state index in [1.54, 1.807) is 0 Å². The molecule has 0 saturated carbocycles. The normalized spacial score (nSPS) is 22.2. The van der Waals surface area contributed by atoms with Gasteiger partial charge in [-0.1, -0.05) is 19.1 Å². The highest BCUT2D eigenvalue weighted by atomic mass is 16.3. The SMILES string of the molecule is CC(C)Cn1cc(CN2CCC[C@](O)(c3cn(C(C)C)nn3)C2)cn1. The third-order valence-corrected chi connectivity index (χ3v) is 4.71. The van der Waals surface area contributed by atoms with Crippen LogP contribution < -0.4 is 0 Å². The number of piperidine rings is 1. The minimum absolute atomic E-state index is 0.247. The fraction of sp³-hybridized carbons (Fsp3) is 0.722. The molecule has 7 heteroatoms. The fourth-order valence-electron chi connectivity index (χ4n) is 3.43. The van der Waals surface area contributed by atoms with Crippen molar-refractivity contribution >= 4 is 0 Å². The molecule has 1 fully saturated rings. The van der Waals surface area contributed by atoms with Crippen molar-refractivity contribution in [3.05, 3.63) is 29.8 Å². The number of hydrogen-bond donors (Lipinski definition) is 1. The number of β-amino-alcohol motifs (C(OH)–C–C–N with tert-alkyl or cyclic N) is 1. The van der Waals surface area contributed by atoms with Crippen LogP contribution in [0.15, 0.2) is 18.6 Å². The summed E-state index contributed by atoms with van der Waals surface area (Å²) in [6, 6.07) is 0.247. The van der Waals surface area contributed by atoms with Gasteiger partial charge in [-0.25, -0.2) is 4.68 Å². The Balaban J connectivity index is 1.66. The van der Waals surface area contributed by atoms with Gasteiger partial charge in [-0.05, 0) is 39.2 Å². The maximum absolute atomic E-state index is 11.1. The zero-order valence-corrected chi connectivity index (χ0v) is 15.8. The van der Waals surface area contributed by atoms with Crippen molar-refractivity contribution in [3.8, 4) is 0 Å². The second-order valence-corrected chi connectivity index (χ2v) is 7.99. The molecule has 0 aliphatic carbocycles. The van der Waals surface area contributed by atoms with E-state index in [-0.39, 0.29) is 6.04 Å². The van der Waals surface area contributed by atoms with Crippen molar-refractivity contribution in [1.82, 2.24) is 29.7 Å². The van der Waals surface area contributed by atoms with Gasteiger partial charge in [-0.15, -0.1) is 5.10 Å². The molecule has 2 aromatic rings. The third kappa shape index (κ3) is 4.27. The molecule has 0 unspecified atom stereocenters. The van der Waals surface area contributed by atoms with Crippen LogP contribution in [0.5, 0.6) is 0 Å². The molecule has 1 aliphatic heterocycles. The van der Waals surface area contributed by atoms with Crippen LogP contribution in [0.25, 0.3) is 0 Å². The highest BCUT2D eigenvalue weighted by Crippen LogP contribution is 2.31. The van der Waals surface area contributed by atoms with E-state index in [4.69, 9.17) is 0 Å². The van der Waals surface area contributed by atoms with Crippen LogP contribution >= 0.6 is 0 Å². The van der Waals surface area contributed by atoms with Gasteiger partial charge in [0.15, 0.2) is 0 Å². The molecule has 0 amide bonds. The molecule has 0 aromatic carbocycles. The van der Waals surface area contributed by atoms with E-state index in [0.29, 0.717) is 18.2 Å². The number of nitrogens with zero attached hydrogens (tertiary/aromatic N) is 6. The summed E-state index contributed by atoms with van der Waals surface area (Å²) >= 11 is 0. The van der Waals surface area contributed by atoms with Gasteiger partial charge < -0.3 is 5.11 Å². The van der Waals surface area contributed by atoms with Gasteiger partial charge in [-0.2, -0.15) is 5.10 Å². The van der Waals surface area contributed by atoms with E-state index in [1.165, 1.54) is 5.56 Å². The van der Waals surface area contributed by atoms with Crippen LogP contribution in [0.2, 0.25) is 0 Å². The van der Waals surface area contributed by atoms with Crippen molar-refractivity contribution in [3.63, 3.8) is 0 Å². The highest BCUT2D eigenvalue weighted by Gasteiger charge is 2.37. The van der Waals surface area contributed by atoms with E-state index < -0.39 is 5.60 Å². The average Bonchev–Trinajstić information content (AvgIpc) is 3.16. The topological polar surface area (TPSA) is 72.0 Å². The van der Waals surface area contributed by atoms with Crippen molar-refractivity contribution in [1.29, 1.82) is 0 Å². The maximum Gasteiger partial charge on any atom is 0.123 e. The highest BCUT2D eigenvalue weighted by molar-refractivity contribution is 5.11. The van der Waals surface area contributed by atoms with Crippen molar-refractivity contribution in [2.75, 3.05) is 13.1 Å². The van der Waals surface area contributed by atoms with Crippen LogP contribution in [0.3, 0.4) is 0 Å². The second-order valence-electron chi connectivity index (χ2n) is 7.99. The van der Waals surface area contributed by atoms with Gasteiger partial charge in [0.2, 0.25) is 0 Å². The van der Waals surface area contributed by atoms with E-state index in [2.05, 4.69) is 54.2 Å². The van der Waals surface area contributed by atoms with E-state index in [1.807, 2.05) is 21.8 Å². The summed E-state index contributed by atoms with van der Waals surface area (Å²) in [5.74, 6) is 0.580. The first-order chi connectivity index (χ1) is 11.9. The molecule has 0 bridgehead atoms. The van der Waals surface area contributed by atoms with E-state index in [9.17, 15) is 5.11 Å². The minimum Gasteiger partial charge on any atom is -0.382 e. The Labute approximate surface area is 149 Å². The summed E-state index contributed by atoms with van der Waals surface area (Å²) in [7, 11) is 0. The van der Waals surface area contributed by atoms with E-state index >= 15 is 0 Å². The lowest BCUT2D eigenvalue weighted by molar-refractivity contribution is -0.0414. The molecule has 138 valence electrons. The molecule has 2 aromatic heterocycles. The Kier molecular flexibility index (Phi) is 5.24. The molecule has 1 saturated heterocycles. The van der Waals surface area contributed by atoms with Gasteiger partial charge >= 0.3 is 0 Å². The number of likely N-dealkylation sites (tertiary alicyclic amines) is 1. The van der Waals surface area contributed by atoms with Crippen LogP contribution in [-0.4, -0.2) is 47.9 Å². The lowest BCUT2D eigenvalue weighted by Gasteiger charge is -2.37. The van der Waals surface area contributed by atoms with Gasteiger partial charge in [0.05, 0.1) is 12.4 Å². The largest absolute Gasteiger partial charge is 0.382 e. The lowest BCUT2D eigenvalue weighted by atomic mass is 9.90. The first-order valence-electron chi connectivity index (χ1n) is 9.24. The maximum atomic E-state index is 11.1. The molecule has 1 N–H and O–H groups in total. The Morgan fingerprint density at radius 2 is 2.04 bits per heavy atom. The van der Waals surface area contributed by atoms with Gasteiger partial charge in [-0.3, -0.25) is 9.58 Å². The predicted molar refractivity (Wildman–Crippen MR) is 95.9 cm³/mol. The lowest BCUT2D eigenvalue weighted by Crippen LogP contribution is -2.45. The quantitative estimate of drug-likeness (QED) is 0.868. The van der Waals surface area contributed by atoms with Gasteiger partial charge in [0, 0.05) is 37.4 Å². The Morgan fingerprint density at radius 3 is 2.72 bits per heavy atom. The van der Waals surface area contributed by atoms with Crippen molar-refractivity contribution in [2.24, 2.45) is 5.92 Å². The minimum atomic E-state index is -0.917. The molecule has 1 atom stereocenters. The standard InChI is InChI=1S/C18H30N6O/c1-14(2)9-23-11-16(8-19-23)10-22-7-5-6-18(25,13-22)17-12-24(15(3)4)21-20-17/h8,11-12,14-15,25H,5-7,9-10,13H2,1-4H3/t18-/m1/s1. The monoisotopic (exact) mass is 346 g/mol. The predicted octanol–water partition coefficient (Wildman–Crippen LogP) is 2.20. The summed E-state index contributed by atoms with van der Waals surface area (Å²) in [5, 5.41) is 24.0. The van der Waals surface area contributed by atoms with E-state index in [0.717, 1.165) is 32.5 Å². The molecule has 0 spiro atoms. The second kappa shape index (κ2) is 7.25. The first kappa shape index (κ1) is 18.1. The van der Waals surface area contributed by atoms with Crippen LogP contribution in [-0.2, 0) is 18.7 Å². The third-order valence-electron chi connectivity index (χ3n) is 4.71. The number of rotatable bonds is 6. The number of aromatic nitrogens is 5. The number of hydrogen-bond acceptors (Lipinski definition) is 5.